The number of hydrogen-bond donors (Lipinski definition) is 2. The number of carbonyl (C=O) groups excluding carboxylic acids is 3. The molecule has 0 bridgehead atoms. The minimum Gasteiger partial charge on any atom is -0.319 e. The maximum atomic E-state index is 13.4. The summed E-state index contributed by atoms with van der Waals surface area (Å²) in [5.74, 6) is -1.24. The molecule has 0 radical (unpaired) electrons. The topological polar surface area (TPSA) is 78.5 Å². The monoisotopic (exact) mass is 437 g/mol. The quantitative estimate of drug-likeness (QED) is 0.600. The number of carbonyl (C=O) groups is 3. The Hall–Kier alpha value is -3.52. The fraction of sp³-hybridized carbons (Fsp3) is 0.174. The van der Waals surface area contributed by atoms with Crippen molar-refractivity contribution in [2.75, 3.05) is 22.1 Å². The zero-order valence-corrected chi connectivity index (χ0v) is 17.6. The van der Waals surface area contributed by atoms with Gasteiger partial charge in [-0.3, -0.25) is 14.4 Å². The van der Waals surface area contributed by atoms with Crippen LogP contribution in [-0.2, 0) is 4.79 Å². The van der Waals surface area contributed by atoms with Crippen LogP contribution in [0.5, 0.6) is 0 Å². The van der Waals surface area contributed by atoms with Crippen molar-refractivity contribution in [2.24, 2.45) is 0 Å². The van der Waals surface area contributed by atoms with Crippen molar-refractivity contribution in [3.8, 4) is 0 Å². The SMILES string of the molecule is Cc1cc(NC(=O)c2cccc(F)c2)sc1C(=O)Nc1ccccc1N1CCCC1=O. The molecule has 3 amide bonds. The maximum Gasteiger partial charge on any atom is 0.266 e. The molecule has 0 saturated carbocycles. The van der Waals surface area contributed by atoms with Crippen molar-refractivity contribution in [1.82, 2.24) is 0 Å². The molecule has 0 unspecified atom stereocenters. The Balaban J connectivity index is 1.51. The van der Waals surface area contributed by atoms with Crippen LogP contribution in [0.1, 0.15) is 38.4 Å². The summed E-state index contributed by atoms with van der Waals surface area (Å²) >= 11 is 1.13. The zero-order chi connectivity index (χ0) is 22.0. The van der Waals surface area contributed by atoms with E-state index in [2.05, 4.69) is 10.6 Å². The molecule has 1 saturated heterocycles. The van der Waals surface area contributed by atoms with Gasteiger partial charge in [0.1, 0.15) is 5.82 Å². The van der Waals surface area contributed by atoms with E-state index < -0.39 is 11.7 Å². The van der Waals surface area contributed by atoms with Crippen LogP contribution >= 0.6 is 11.3 Å². The summed E-state index contributed by atoms with van der Waals surface area (Å²) in [5, 5.41) is 6.08. The van der Waals surface area contributed by atoms with Gasteiger partial charge in [0.25, 0.3) is 11.8 Å². The fourth-order valence-electron chi connectivity index (χ4n) is 3.48. The molecule has 2 heterocycles. The summed E-state index contributed by atoms with van der Waals surface area (Å²) in [6, 6.07) is 14.3. The van der Waals surface area contributed by atoms with Crippen LogP contribution in [0.4, 0.5) is 20.8 Å². The summed E-state index contributed by atoms with van der Waals surface area (Å²) in [4.78, 5) is 39.5. The predicted octanol–water partition coefficient (Wildman–Crippen LogP) is 4.83. The number of hydrogen-bond acceptors (Lipinski definition) is 4. The van der Waals surface area contributed by atoms with Crippen molar-refractivity contribution in [2.45, 2.75) is 19.8 Å². The Kier molecular flexibility index (Phi) is 5.81. The van der Waals surface area contributed by atoms with Crippen LogP contribution in [0.3, 0.4) is 0 Å². The predicted molar refractivity (Wildman–Crippen MR) is 119 cm³/mol. The van der Waals surface area contributed by atoms with Gasteiger partial charge in [0, 0.05) is 18.5 Å². The Bertz CT molecular complexity index is 1170. The Morgan fingerprint density at radius 2 is 1.84 bits per heavy atom. The average Bonchev–Trinajstić information content (AvgIpc) is 3.33. The molecule has 2 N–H and O–H groups in total. The van der Waals surface area contributed by atoms with E-state index in [-0.39, 0.29) is 17.4 Å². The minimum absolute atomic E-state index is 0.0383. The number of nitrogens with one attached hydrogen (secondary N) is 2. The van der Waals surface area contributed by atoms with Gasteiger partial charge in [-0.25, -0.2) is 4.39 Å². The summed E-state index contributed by atoms with van der Waals surface area (Å²) in [5.41, 5.74) is 2.13. The van der Waals surface area contributed by atoms with Crippen LogP contribution in [0.2, 0.25) is 0 Å². The van der Waals surface area contributed by atoms with Crippen molar-refractivity contribution in [3.05, 3.63) is 76.4 Å². The minimum atomic E-state index is -0.495. The summed E-state index contributed by atoms with van der Waals surface area (Å²) in [6.45, 7) is 2.40. The molecule has 0 atom stereocenters. The van der Waals surface area contributed by atoms with Crippen molar-refractivity contribution < 1.29 is 18.8 Å². The molecular weight excluding hydrogens is 417 g/mol. The number of thiophene rings is 1. The van der Waals surface area contributed by atoms with Gasteiger partial charge in [-0.05, 0) is 55.3 Å². The third kappa shape index (κ3) is 4.49. The first-order chi connectivity index (χ1) is 14.9. The van der Waals surface area contributed by atoms with Gasteiger partial charge in [-0.2, -0.15) is 0 Å². The van der Waals surface area contributed by atoms with Crippen LogP contribution in [0.25, 0.3) is 0 Å². The number of amides is 3. The number of nitrogens with zero attached hydrogens (tertiary/aromatic N) is 1. The second-order valence-electron chi connectivity index (χ2n) is 7.21. The normalized spacial score (nSPS) is 13.4. The molecule has 3 aromatic rings. The average molecular weight is 437 g/mol. The van der Waals surface area contributed by atoms with Gasteiger partial charge in [0.15, 0.2) is 0 Å². The third-order valence-electron chi connectivity index (χ3n) is 4.96. The van der Waals surface area contributed by atoms with E-state index in [4.69, 9.17) is 0 Å². The third-order valence-corrected chi connectivity index (χ3v) is 6.12. The number of para-hydroxylation sites is 2. The molecule has 1 fully saturated rings. The molecule has 31 heavy (non-hydrogen) atoms. The van der Waals surface area contributed by atoms with Crippen molar-refractivity contribution >= 4 is 45.4 Å². The van der Waals surface area contributed by atoms with Crippen molar-refractivity contribution in [1.29, 1.82) is 0 Å². The lowest BCUT2D eigenvalue weighted by molar-refractivity contribution is -0.117. The maximum absolute atomic E-state index is 13.4. The number of aryl methyl sites for hydroxylation is 1. The first-order valence-electron chi connectivity index (χ1n) is 9.80. The smallest absolute Gasteiger partial charge is 0.266 e. The Labute approximate surface area is 182 Å². The van der Waals surface area contributed by atoms with Gasteiger partial charge in [-0.15, -0.1) is 11.3 Å². The molecule has 2 aromatic carbocycles. The zero-order valence-electron chi connectivity index (χ0n) is 16.8. The molecule has 1 aliphatic heterocycles. The van der Waals surface area contributed by atoms with E-state index in [0.29, 0.717) is 39.8 Å². The standard InChI is InChI=1S/C23H20FN3O3S/c1-14-12-19(26-22(29)15-6-4-7-16(24)13-15)31-21(14)23(30)25-17-8-2-3-9-18(17)27-11-5-10-20(27)28/h2-4,6-9,12-13H,5,10-11H2,1H3,(H,25,30)(H,26,29). The van der Waals surface area contributed by atoms with E-state index in [9.17, 15) is 18.8 Å². The van der Waals surface area contributed by atoms with E-state index in [1.807, 2.05) is 12.1 Å². The second kappa shape index (κ2) is 8.69. The highest BCUT2D eigenvalue weighted by Gasteiger charge is 2.25. The molecule has 1 aliphatic rings. The molecule has 0 aliphatic carbocycles. The molecule has 4 rings (SSSR count). The summed E-state index contributed by atoms with van der Waals surface area (Å²) < 4.78 is 13.4. The highest BCUT2D eigenvalue weighted by Crippen LogP contribution is 2.32. The van der Waals surface area contributed by atoms with E-state index in [1.165, 1.54) is 18.2 Å². The van der Waals surface area contributed by atoms with Gasteiger partial charge >= 0.3 is 0 Å². The number of halogens is 1. The lowest BCUT2D eigenvalue weighted by Crippen LogP contribution is -2.25. The molecule has 0 spiro atoms. The number of rotatable bonds is 5. The van der Waals surface area contributed by atoms with Crippen LogP contribution < -0.4 is 15.5 Å². The van der Waals surface area contributed by atoms with Crippen LogP contribution in [-0.4, -0.2) is 24.3 Å². The highest BCUT2D eigenvalue weighted by molar-refractivity contribution is 7.18. The Morgan fingerprint density at radius 3 is 2.58 bits per heavy atom. The van der Waals surface area contributed by atoms with Crippen molar-refractivity contribution in [3.63, 3.8) is 0 Å². The summed E-state index contributed by atoms with van der Waals surface area (Å²) in [7, 11) is 0. The largest absolute Gasteiger partial charge is 0.319 e. The van der Waals surface area contributed by atoms with Gasteiger partial charge in [0.05, 0.1) is 21.3 Å². The lowest BCUT2D eigenvalue weighted by Gasteiger charge is -2.19. The number of anilines is 3. The van der Waals surface area contributed by atoms with Crippen LogP contribution in [0, 0.1) is 12.7 Å². The first kappa shape index (κ1) is 20.7. The highest BCUT2D eigenvalue weighted by atomic mass is 32.1. The Morgan fingerprint density at radius 1 is 1.03 bits per heavy atom. The molecule has 6 nitrogen and oxygen atoms in total. The molecule has 1 aromatic heterocycles. The molecule has 158 valence electrons. The number of benzene rings is 2. The molecule has 8 heteroatoms. The van der Waals surface area contributed by atoms with Gasteiger partial charge < -0.3 is 15.5 Å². The van der Waals surface area contributed by atoms with E-state index in [1.54, 1.807) is 30.0 Å². The lowest BCUT2D eigenvalue weighted by atomic mass is 10.2. The van der Waals surface area contributed by atoms with E-state index >= 15 is 0 Å². The summed E-state index contributed by atoms with van der Waals surface area (Å²) in [6.07, 6.45) is 1.29. The first-order valence-corrected chi connectivity index (χ1v) is 10.6. The van der Waals surface area contributed by atoms with Crippen LogP contribution in [0.15, 0.2) is 54.6 Å². The fourth-order valence-corrected chi connectivity index (χ4v) is 4.44. The van der Waals surface area contributed by atoms with Gasteiger partial charge in [0.2, 0.25) is 5.91 Å². The molecular formula is C23H20FN3O3S. The second-order valence-corrected chi connectivity index (χ2v) is 8.26. The van der Waals surface area contributed by atoms with E-state index in [0.717, 1.165) is 23.8 Å². The van der Waals surface area contributed by atoms with Gasteiger partial charge in [-0.1, -0.05) is 18.2 Å².